The van der Waals surface area contributed by atoms with Crippen molar-refractivity contribution in [3.05, 3.63) is 27.8 Å². The Hall–Kier alpha value is -1.34. The molecular formula is C11H12BrClN4O2. The minimum atomic E-state index is -0.775. The van der Waals surface area contributed by atoms with Gasteiger partial charge in [0.25, 0.3) is 0 Å². The molecular weight excluding hydrogens is 336 g/mol. The van der Waals surface area contributed by atoms with Crippen molar-refractivity contribution in [2.24, 2.45) is 5.73 Å². The van der Waals surface area contributed by atoms with Gasteiger partial charge in [-0.3, -0.25) is 0 Å². The van der Waals surface area contributed by atoms with Crippen molar-refractivity contribution < 1.29 is 9.53 Å². The largest absolute Gasteiger partial charge is 0.415 e. The lowest BCUT2D eigenvalue weighted by atomic mass is 10.0. The standard InChI is InChI=1S/C11H12BrClN4O2/c12-8-5-15-10(13)17-9(8)16-6-1-3-7(4-2-6)19-11(14)18/h3,5-6H,1-2,4H2,(H2,14,18)(H,15,16,17)/t6-/m0/s1. The quantitative estimate of drug-likeness (QED) is 0.821. The maximum absolute atomic E-state index is 10.6. The number of nitrogens with two attached hydrogens (primary N) is 1. The first kappa shape index (κ1) is 14.1. The molecule has 0 unspecified atom stereocenters. The normalized spacial score (nSPS) is 18.6. The van der Waals surface area contributed by atoms with E-state index in [0.29, 0.717) is 18.0 Å². The van der Waals surface area contributed by atoms with Gasteiger partial charge in [-0.05, 0) is 46.4 Å². The molecule has 0 saturated carbocycles. The highest BCUT2D eigenvalue weighted by Gasteiger charge is 2.18. The molecule has 0 aliphatic heterocycles. The van der Waals surface area contributed by atoms with Gasteiger partial charge in [0, 0.05) is 18.7 Å². The lowest BCUT2D eigenvalue weighted by molar-refractivity contribution is 0.181. The molecule has 1 aliphatic carbocycles. The third-order valence-corrected chi connectivity index (χ3v) is 3.42. The smallest absolute Gasteiger partial charge is 0.409 e. The molecule has 1 heterocycles. The summed E-state index contributed by atoms with van der Waals surface area (Å²) in [6.07, 6.45) is 4.85. The number of ether oxygens (including phenoxy) is 1. The van der Waals surface area contributed by atoms with E-state index in [9.17, 15) is 4.79 Å². The first-order chi connectivity index (χ1) is 9.04. The Morgan fingerprint density at radius 2 is 2.42 bits per heavy atom. The fourth-order valence-corrected chi connectivity index (χ4v) is 2.24. The predicted octanol–water partition coefficient (Wildman–Crippen LogP) is 2.84. The number of halogens is 2. The van der Waals surface area contributed by atoms with E-state index in [2.05, 4.69) is 31.2 Å². The third kappa shape index (κ3) is 4.07. The van der Waals surface area contributed by atoms with Gasteiger partial charge in [0.05, 0.1) is 4.47 Å². The topological polar surface area (TPSA) is 90.1 Å². The van der Waals surface area contributed by atoms with E-state index in [4.69, 9.17) is 22.1 Å². The number of primary amides is 1. The minimum Gasteiger partial charge on any atom is -0.415 e. The number of hydrogen-bond donors (Lipinski definition) is 2. The summed E-state index contributed by atoms with van der Waals surface area (Å²) in [7, 11) is 0. The monoisotopic (exact) mass is 346 g/mol. The maximum atomic E-state index is 10.6. The molecule has 102 valence electrons. The second-order valence-corrected chi connectivity index (χ2v) is 5.24. The van der Waals surface area contributed by atoms with Crippen LogP contribution in [0, 0.1) is 0 Å². The number of rotatable bonds is 3. The molecule has 1 amide bonds. The molecule has 0 spiro atoms. The van der Waals surface area contributed by atoms with Crippen LogP contribution in [0.4, 0.5) is 10.6 Å². The van der Waals surface area contributed by atoms with Crippen LogP contribution in [0.3, 0.4) is 0 Å². The summed E-state index contributed by atoms with van der Waals surface area (Å²) in [5.41, 5.74) is 4.96. The zero-order valence-electron chi connectivity index (χ0n) is 9.90. The van der Waals surface area contributed by atoms with Gasteiger partial charge >= 0.3 is 6.09 Å². The molecule has 8 heteroatoms. The first-order valence-corrected chi connectivity index (χ1v) is 6.82. The van der Waals surface area contributed by atoms with Gasteiger partial charge in [0.15, 0.2) is 0 Å². The van der Waals surface area contributed by atoms with Gasteiger partial charge in [-0.25, -0.2) is 9.78 Å². The van der Waals surface area contributed by atoms with Crippen molar-refractivity contribution in [2.45, 2.75) is 25.3 Å². The number of allylic oxidation sites excluding steroid dienone is 1. The Bertz CT molecular complexity index is 523. The van der Waals surface area contributed by atoms with Crippen molar-refractivity contribution in [2.75, 3.05) is 5.32 Å². The van der Waals surface area contributed by atoms with Crippen LogP contribution in [0.2, 0.25) is 5.28 Å². The third-order valence-electron chi connectivity index (χ3n) is 2.66. The van der Waals surface area contributed by atoms with E-state index >= 15 is 0 Å². The van der Waals surface area contributed by atoms with Gasteiger partial charge in [-0.2, -0.15) is 4.98 Å². The molecule has 1 aromatic heterocycles. The molecule has 19 heavy (non-hydrogen) atoms. The van der Waals surface area contributed by atoms with Crippen molar-refractivity contribution in [1.82, 2.24) is 9.97 Å². The van der Waals surface area contributed by atoms with E-state index < -0.39 is 6.09 Å². The Labute approximate surface area is 123 Å². The summed E-state index contributed by atoms with van der Waals surface area (Å²) in [4.78, 5) is 18.6. The van der Waals surface area contributed by atoms with Gasteiger partial charge in [0.1, 0.15) is 11.6 Å². The van der Waals surface area contributed by atoms with E-state index in [1.54, 1.807) is 6.20 Å². The Morgan fingerprint density at radius 3 is 3.05 bits per heavy atom. The number of aromatic nitrogens is 2. The number of carbonyl (C=O) groups excluding carboxylic acids is 1. The van der Waals surface area contributed by atoms with Crippen LogP contribution in [-0.2, 0) is 4.74 Å². The van der Waals surface area contributed by atoms with Crippen LogP contribution < -0.4 is 11.1 Å². The van der Waals surface area contributed by atoms with Crippen LogP contribution >= 0.6 is 27.5 Å². The number of nitrogens with zero attached hydrogens (tertiary/aromatic N) is 2. The van der Waals surface area contributed by atoms with E-state index in [1.165, 1.54) is 0 Å². The average molecular weight is 348 g/mol. The summed E-state index contributed by atoms with van der Waals surface area (Å²) < 4.78 is 5.60. The second kappa shape index (κ2) is 6.21. The Morgan fingerprint density at radius 1 is 1.63 bits per heavy atom. The number of nitrogens with one attached hydrogen (secondary N) is 1. The first-order valence-electron chi connectivity index (χ1n) is 5.65. The fraction of sp³-hybridized carbons (Fsp3) is 0.364. The van der Waals surface area contributed by atoms with Crippen LogP contribution in [0.1, 0.15) is 19.3 Å². The fourth-order valence-electron chi connectivity index (χ4n) is 1.80. The van der Waals surface area contributed by atoms with Crippen molar-refractivity contribution in [3.63, 3.8) is 0 Å². The zero-order valence-corrected chi connectivity index (χ0v) is 12.2. The molecule has 3 N–H and O–H groups in total. The van der Waals surface area contributed by atoms with E-state index in [-0.39, 0.29) is 11.3 Å². The summed E-state index contributed by atoms with van der Waals surface area (Å²) in [5.74, 6) is 1.27. The van der Waals surface area contributed by atoms with Crippen LogP contribution in [0.15, 0.2) is 22.5 Å². The highest BCUT2D eigenvalue weighted by molar-refractivity contribution is 9.10. The van der Waals surface area contributed by atoms with Crippen molar-refractivity contribution in [3.8, 4) is 0 Å². The Kier molecular flexibility index (Phi) is 4.60. The van der Waals surface area contributed by atoms with E-state index in [0.717, 1.165) is 17.3 Å². The van der Waals surface area contributed by atoms with Crippen LogP contribution in [-0.4, -0.2) is 22.1 Å². The minimum absolute atomic E-state index is 0.190. The summed E-state index contributed by atoms with van der Waals surface area (Å²) in [6.45, 7) is 0. The van der Waals surface area contributed by atoms with Crippen molar-refractivity contribution >= 4 is 39.4 Å². The highest BCUT2D eigenvalue weighted by Crippen LogP contribution is 2.25. The molecule has 0 bridgehead atoms. The molecule has 1 atom stereocenters. The predicted molar refractivity (Wildman–Crippen MR) is 74.8 cm³/mol. The molecule has 6 nitrogen and oxygen atoms in total. The Balaban J connectivity index is 1.97. The summed E-state index contributed by atoms with van der Waals surface area (Å²) >= 11 is 9.10. The van der Waals surface area contributed by atoms with Crippen LogP contribution in [0.25, 0.3) is 0 Å². The molecule has 0 aromatic carbocycles. The van der Waals surface area contributed by atoms with Gasteiger partial charge < -0.3 is 15.8 Å². The molecule has 1 aromatic rings. The summed E-state index contributed by atoms with van der Waals surface area (Å²) in [5, 5.41) is 3.45. The lowest BCUT2D eigenvalue weighted by Gasteiger charge is -2.23. The zero-order chi connectivity index (χ0) is 13.8. The van der Waals surface area contributed by atoms with E-state index in [1.807, 2.05) is 6.08 Å². The average Bonchev–Trinajstić information content (AvgIpc) is 2.35. The maximum Gasteiger partial charge on any atom is 0.409 e. The SMILES string of the molecule is NC(=O)OC1=CC[C@H](Nc2nc(Cl)ncc2Br)CC1. The number of anilines is 1. The number of carbonyl (C=O) groups is 1. The van der Waals surface area contributed by atoms with Gasteiger partial charge in [-0.1, -0.05) is 0 Å². The molecule has 2 rings (SSSR count). The van der Waals surface area contributed by atoms with Gasteiger partial charge in [0.2, 0.25) is 5.28 Å². The molecule has 1 aliphatic rings. The lowest BCUT2D eigenvalue weighted by Crippen LogP contribution is -2.24. The van der Waals surface area contributed by atoms with Crippen molar-refractivity contribution in [1.29, 1.82) is 0 Å². The second-order valence-electron chi connectivity index (χ2n) is 4.04. The molecule has 0 radical (unpaired) electrons. The van der Waals surface area contributed by atoms with Crippen LogP contribution in [0.5, 0.6) is 0 Å². The molecule has 0 saturated heterocycles. The number of amides is 1. The highest BCUT2D eigenvalue weighted by atomic mass is 79.9. The van der Waals surface area contributed by atoms with Gasteiger partial charge in [-0.15, -0.1) is 0 Å². The summed E-state index contributed by atoms with van der Waals surface area (Å²) in [6, 6.07) is 0.197. The molecule has 0 fully saturated rings. The number of hydrogen-bond acceptors (Lipinski definition) is 5.